The first-order valence-electron chi connectivity index (χ1n) is 9.39. The van der Waals surface area contributed by atoms with Crippen LogP contribution in [0.4, 0.5) is 5.69 Å². The molecular weight excluding hydrogens is 370 g/mol. The highest BCUT2D eigenvalue weighted by Gasteiger charge is 2.34. The molecule has 0 saturated heterocycles. The molecule has 0 saturated carbocycles. The van der Waals surface area contributed by atoms with Gasteiger partial charge < -0.3 is 4.90 Å². The Morgan fingerprint density at radius 3 is 2.75 bits per heavy atom. The fourth-order valence-electron chi connectivity index (χ4n) is 3.75. The van der Waals surface area contributed by atoms with Gasteiger partial charge in [0.25, 0.3) is 0 Å². The van der Waals surface area contributed by atoms with E-state index >= 15 is 0 Å². The van der Waals surface area contributed by atoms with Crippen molar-refractivity contribution in [2.75, 3.05) is 4.90 Å². The number of benzene rings is 2. The number of fused-ring (bicyclic) bond motifs is 1. The zero-order valence-electron chi connectivity index (χ0n) is 16.5. The molecule has 0 spiro atoms. The van der Waals surface area contributed by atoms with Crippen LogP contribution >= 0.6 is 11.8 Å². The number of carbonyl (C=O) groups excluding carboxylic acids is 1. The minimum Gasteiger partial charge on any atom is -0.308 e. The third kappa shape index (κ3) is 3.30. The molecule has 1 aliphatic rings. The number of amides is 1. The van der Waals surface area contributed by atoms with Crippen molar-refractivity contribution >= 4 is 23.4 Å². The highest BCUT2D eigenvalue weighted by atomic mass is 32.2. The molecule has 2 atom stereocenters. The second-order valence-electron chi connectivity index (χ2n) is 7.31. The summed E-state index contributed by atoms with van der Waals surface area (Å²) >= 11 is 1.39. The van der Waals surface area contributed by atoms with Crippen molar-refractivity contribution in [3.05, 3.63) is 59.2 Å². The molecule has 6 nitrogen and oxygen atoms in total. The number of aromatic nitrogens is 4. The molecule has 2 aromatic carbocycles. The van der Waals surface area contributed by atoms with Crippen molar-refractivity contribution in [2.45, 2.75) is 50.6 Å². The Bertz CT molecular complexity index is 1030. The summed E-state index contributed by atoms with van der Waals surface area (Å²) < 4.78 is 1.71. The van der Waals surface area contributed by atoms with Crippen molar-refractivity contribution in [1.82, 2.24) is 20.2 Å². The first-order valence-corrected chi connectivity index (χ1v) is 10.3. The number of para-hydroxylation sites is 1. The number of tetrazole rings is 1. The Kier molecular flexibility index (Phi) is 4.93. The summed E-state index contributed by atoms with van der Waals surface area (Å²) in [6.07, 6.45) is 0.888. The summed E-state index contributed by atoms with van der Waals surface area (Å²) in [6.45, 7) is 8.11. The van der Waals surface area contributed by atoms with Gasteiger partial charge in [0.2, 0.25) is 11.1 Å². The molecule has 1 aliphatic heterocycles. The normalized spacial score (nSPS) is 16.9. The zero-order valence-corrected chi connectivity index (χ0v) is 17.3. The second-order valence-corrected chi connectivity index (χ2v) is 8.62. The van der Waals surface area contributed by atoms with Gasteiger partial charge in [-0.1, -0.05) is 47.7 Å². The summed E-state index contributed by atoms with van der Waals surface area (Å²) in [7, 11) is 0. The van der Waals surface area contributed by atoms with E-state index in [1.807, 2.05) is 49.1 Å². The molecule has 0 N–H and O–H groups in total. The number of carbonyl (C=O) groups is 1. The lowest BCUT2D eigenvalue weighted by atomic mass is 10.1. The number of aryl methyl sites for hydroxylation is 2. The van der Waals surface area contributed by atoms with Crippen LogP contribution in [0.1, 0.15) is 30.5 Å². The van der Waals surface area contributed by atoms with Gasteiger partial charge in [-0.3, -0.25) is 4.79 Å². The molecule has 0 fully saturated rings. The Morgan fingerprint density at radius 1 is 1.18 bits per heavy atom. The lowest BCUT2D eigenvalue weighted by Gasteiger charge is -2.25. The van der Waals surface area contributed by atoms with Gasteiger partial charge in [-0.15, -0.1) is 5.10 Å². The van der Waals surface area contributed by atoms with Gasteiger partial charge in [0.1, 0.15) is 0 Å². The van der Waals surface area contributed by atoms with Crippen molar-refractivity contribution < 1.29 is 4.79 Å². The maximum atomic E-state index is 13.2. The maximum absolute atomic E-state index is 13.2. The third-order valence-electron chi connectivity index (χ3n) is 5.10. The minimum atomic E-state index is -0.302. The van der Waals surface area contributed by atoms with Gasteiger partial charge in [-0.05, 0) is 67.8 Å². The topological polar surface area (TPSA) is 63.9 Å². The Hall–Kier alpha value is -2.67. The highest BCUT2D eigenvalue weighted by molar-refractivity contribution is 8.00. The van der Waals surface area contributed by atoms with E-state index in [0.29, 0.717) is 5.16 Å². The van der Waals surface area contributed by atoms with Crippen LogP contribution in [0.15, 0.2) is 47.6 Å². The fraction of sp³-hybridized carbons (Fsp3) is 0.333. The molecule has 1 amide bonds. The smallest absolute Gasteiger partial charge is 0.240 e. The van der Waals surface area contributed by atoms with E-state index in [2.05, 4.69) is 41.5 Å². The van der Waals surface area contributed by atoms with Crippen LogP contribution in [0.3, 0.4) is 0 Å². The van der Waals surface area contributed by atoms with E-state index in [9.17, 15) is 4.79 Å². The summed E-state index contributed by atoms with van der Waals surface area (Å²) in [4.78, 5) is 15.1. The van der Waals surface area contributed by atoms with Crippen LogP contribution in [0.25, 0.3) is 5.69 Å². The maximum Gasteiger partial charge on any atom is 0.240 e. The fourth-order valence-corrected chi connectivity index (χ4v) is 4.60. The van der Waals surface area contributed by atoms with Gasteiger partial charge in [0.05, 0.1) is 10.9 Å². The van der Waals surface area contributed by atoms with Crippen LogP contribution in [-0.2, 0) is 11.2 Å². The van der Waals surface area contributed by atoms with E-state index in [0.717, 1.165) is 23.4 Å². The first-order chi connectivity index (χ1) is 13.5. The molecule has 7 heteroatoms. The molecular formula is C21H23N5OS. The van der Waals surface area contributed by atoms with Crippen molar-refractivity contribution in [3.63, 3.8) is 0 Å². The van der Waals surface area contributed by atoms with E-state index < -0.39 is 0 Å². The SMILES string of the molecule is Cc1ccc(-n2nnnc2S[C@H](C)C(=O)N2c3ccccc3C[C@@H]2C)c(C)c1. The Balaban J connectivity index is 1.58. The lowest BCUT2D eigenvalue weighted by molar-refractivity contribution is -0.118. The van der Waals surface area contributed by atoms with Crippen LogP contribution in [0.2, 0.25) is 0 Å². The van der Waals surface area contributed by atoms with Gasteiger partial charge >= 0.3 is 0 Å². The molecule has 3 aromatic rings. The summed E-state index contributed by atoms with van der Waals surface area (Å²) in [5.74, 6) is 0.0811. The Labute approximate surface area is 168 Å². The van der Waals surface area contributed by atoms with E-state index in [-0.39, 0.29) is 17.2 Å². The quantitative estimate of drug-likeness (QED) is 0.632. The predicted molar refractivity (Wildman–Crippen MR) is 111 cm³/mol. The van der Waals surface area contributed by atoms with Gasteiger partial charge in [-0.2, -0.15) is 4.68 Å². The average molecular weight is 394 g/mol. The van der Waals surface area contributed by atoms with Gasteiger partial charge in [0.15, 0.2) is 0 Å². The van der Waals surface area contributed by atoms with Crippen LogP contribution < -0.4 is 4.90 Å². The van der Waals surface area contributed by atoms with E-state index in [1.165, 1.54) is 22.9 Å². The number of anilines is 1. The van der Waals surface area contributed by atoms with Crippen LogP contribution in [0, 0.1) is 13.8 Å². The molecule has 4 rings (SSSR count). The van der Waals surface area contributed by atoms with Crippen LogP contribution in [-0.4, -0.2) is 37.4 Å². The largest absolute Gasteiger partial charge is 0.308 e. The molecule has 0 bridgehead atoms. The number of hydrogen-bond acceptors (Lipinski definition) is 5. The molecule has 0 unspecified atom stereocenters. The van der Waals surface area contributed by atoms with E-state index in [1.54, 1.807) is 4.68 Å². The number of thioether (sulfide) groups is 1. The Morgan fingerprint density at radius 2 is 1.96 bits per heavy atom. The average Bonchev–Trinajstić information content (AvgIpc) is 3.24. The first kappa shape index (κ1) is 18.7. The van der Waals surface area contributed by atoms with Gasteiger partial charge in [0, 0.05) is 11.7 Å². The number of rotatable bonds is 4. The lowest BCUT2D eigenvalue weighted by Crippen LogP contribution is -2.40. The van der Waals surface area contributed by atoms with Crippen molar-refractivity contribution in [3.8, 4) is 5.69 Å². The summed E-state index contributed by atoms with van der Waals surface area (Å²) in [5, 5.41) is 12.5. The number of hydrogen-bond donors (Lipinski definition) is 0. The van der Waals surface area contributed by atoms with Crippen molar-refractivity contribution in [2.24, 2.45) is 0 Å². The van der Waals surface area contributed by atoms with E-state index in [4.69, 9.17) is 0 Å². The third-order valence-corrected chi connectivity index (χ3v) is 6.12. The molecule has 28 heavy (non-hydrogen) atoms. The number of nitrogens with zero attached hydrogens (tertiary/aromatic N) is 5. The highest BCUT2D eigenvalue weighted by Crippen LogP contribution is 2.34. The van der Waals surface area contributed by atoms with Gasteiger partial charge in [-0.25, -0.2) is 0 Å². The monoisotopic (exact) mass is 393 g/mol. The summed E-state index contributed by atoms with van der Waals surface area (Å²) in [6, 6.07) is 14.4. The predicted octanol–water partition coefficient (Wildman–Crippen LogP) is 3.74. The molecule has 0 radical (unpaired) electrons. The standard InChI is InChI=1S/C21H23N5OS/c1-13-9-10-18(14(2)11-13)26-21(22-23-24-26)28-16(4)20(27)25-15(3)12-17-7-5-6-8-19(17)25/h5-11,15-16H,12H2,1-4H3/t15-,16+/m0/s1. The molecule has 2 heterocycles. The summed E-state index contributed by atoms with van der Waals surface area (Å²) in [5.41, 5.74) is 5.45. The zero-order chi connectivity index (χ0) is 19.8. The van der Waals surface area contributed by atoms with Crippen LogP contribution in [0.5, 0.6) is 0 Å². The minimum absolute atomic E-state index is 0.0811. The molecule has 144 valence electrons. The molecule has 0 aliphatic carbocycles. The second kappa shape index (κ2) is 7.39. The molecule has 1 aromatic heterocycles. The van der Waals surface area contributed by atoms with Crippen molar-refractivity contribution in [1.29, 1.82) is 0 Å².